The Bertz CT molecular complexity index is 559. The summed E-state index contributed by atoms with van der Waals surface area (Å²) in [7, 11) is 3.44. The Balaban J connectivity index is 2.74. The van der Waals surface area contributed by atoms with Crippen LogP contribution in [0.15, 0.2) is 23.2 Å². The molecule has 23 heavy (non-hydrogen) atoms. The van der Waals surface area contributed by atoms with Crippen LogP contribution in [0.3, 0.4) is 0 Å². The van der Waals surface area contributed by atoms with Crippen LogP contribution in [0.25, 0.3) is 0 Å². The average molecular weight is 359 g/mol. The van der Waals surface area contributed by atoms with E-state index in [9.17, 15) is 4.79 Å². The first-order valence-electron chi connectivity index (χ1n) is 7.46. The molecule has 1 amide bonds. The lowest BCUT2D eigenvalue weighted by Gasteiger charge is -2.16. The van der Waals surface area contributed by atoms with Gasteiger partial charge in [-0.2, -0.15) is 0 Å². The zero-order valence-electron chi connectivity index (χ0n) is 14.0. The van der Waals surface area contributed by atoms with E-state index in [0.29, 0.717) is 28.5 Å². The molecule has 0 heterocycles. The first-order valence-corrected chi connectivity index (χ1v) is 8.21. The van der Waals surface area contributed by atoms with Crippen molar-refractivity contribution in [3.63, 3.8) is 0 Å². The van der Waals surface area contributed by atoms with E-state index in [1.54, 1.807) is 26.2 Å². The van der Waals surface area contributed by atoms with E-state index in [1.807, 2.05) is 6.07 Å². The third-order valence-corrected chi connectivity index (χ3v) is 3.59. The van der Waals surface area contributed by atoms with Gasteiger partial charge in [-0.25, -0.2) is 4.99 Å². The van der Waals surface area contributed by atoms with Crippen LogP contribution in [0.2, 0.25) is 10.0 Å². The number of halogens is 2. The van der Waals surface area contributed by atoms with Gasteiger partial charge < -0.3 is 15.5 Å². The highest BCUT2D eigenvalue weighted by Gasteiger charge is 2.07. The van der Waals surface area contributed by atoms with Crippen LogP contribution in [-0.4, -0.2) is 44.0 Å². The number of carbonyl (C=O) groups is 1. The van der Waals surface area contributed by atoms with Gasteiger partial charge in [-0.1, -0.05) is 43.1 Å². The van der Waals surface area contributed by atoms with Crippen molar-refractivity contribution in [1.29, 1.82) is 0 Å². The summed E-state index contributed by atoms with van der Waals surface area (Å²) in [4.78, 5) is 17.7. The lowest BCUT2D eigenvalue weighted by atomic mass is 10.2. The molecule has 5 nitrogen and oxygen atoms in total. The van der Waals surface area contributed by atoms with E-state index >= 15 is 0 Å². The Morgan fingerprint density at radius 2 is 1.96 bits per heavy atom. The molecule has 1 aromatic carbocycles. The maximum Gasteiger partial charge on any atom is 0.241 e. The number of hydrogen-bond acceptors (Lipinski definition) is 2. The van der Waals surface area contributed by atoms with Crippen molar-refractivity contribution in [2.24, 2.45) is 10.9 Å². The number of likely N-dealkylation sites (N-methyl/N-ethyl adjacent to an activating group) is 1. The number of rotatable bonds is 6. The van der Waals surface area contributed by atoms with Gasteiger partial charge in [0.15, 0.2) is 5.96 Å². The summed E-state index contributed by atoms with van der Waals surface area (Å²) in [5.74, 6) is 1.03. The fourth-order valence-electron chi connectivity index (χ4n) is 1.61. The maximum atomic E-state index is 11.7. The Morgan fingerprint density at radius 3 is 2.52 bits per heavy atom. The summed E-state index contributed by atoms with van der Waals surface area (Å²) in [6, 6.07) is 5.32. The van der Waals surface area contributed by atoms with E-state index in [0.717, 1.165) is 12.1 Å². The van der Waals surface area contributed by atoms with Crippen LogP contribution in [-0.2, 0) is 11.3 Å². The van der Waals surface area contributed by atoms with Crippen molar-refractivity contribution in [3.05, 3.63) is 33.8 Å². The third kappa shape index (κ3) is 7.57. The molecule has 128 valence electrons. The second-order valence-corrected chi connectivity index (χ2v) is 6.66. The van der Waals surface area contributed by atoms with Gasteiger partial charge in [0.1, 0.15) is 0 Å². The summed E-state index contributed by atoms with van der Waals surface area (Å²) in [5, 5.41) is 7.42. The zero-order valence-corrected chi connectivity index (χ0v) is 15.5. The molecule has 0 atom stereocenters. The van der Waals surface area contributed by atoms with E-state index in [-0.39, 0.29) is 12.5 Å². The van der Waals surface area contributed by atoms with Gasteiger partial charge in [-0.05, 0) is 23.6 Å². The highest BCUT2D eigenvalue weighted by molar-refractivity contribution is 6.35. The zero-order chi connectivity index (χ0) is 17.4. The standard InChI is InChI=1S/C16H24Cl2N4O/c1-11(2)8-19-16(21-10-15(23)22(3)4)20-9-12-5-6-13(17)7-14(12)18/h5-7,11H,8-10H2,1-4H3,(H2,19,20,21). The molecule has 1 aromatic rings. The molecule has 7 heteroatoms. The van der Waals surface area contributed by atoms with Gasteiger partial charge in [0.05, 0.1) is 13.1 Å². The Kier molecular flexibility index (Phi) is 8.20. The SMILES string of the molecule is CC(C)CNC(=NCc1ccc(Cl)cc1Cl)NCC(=O)N(C)C. The highest BCUT2D eigenvalue weighted by atomic mass is 35.5. The first kappa shape index (κ1) is 19.6. The minimum atomic E-state index is -0.0198. The fraction of sp³-hybridized carbons (Fsp3) is 0.500. The smallest absolute Gasteiger partial charge is 0.241 e. The molecule has 0 saturated heterocycles. The van der Waals surface area contributed by atoms with Crippen LogP contribution in [0.5, 0.6) is 0 Å². The predicted octanol–water partition coefficient (Wildman–Crippen LogP) is 2.77. The Morgan fingerprint density at radius 1 is 1.26 bits per heavy atom. The van der Waals surface area contributed by atoms with Crippen LogP contribution < -0.4 is 10.6 Å². The lowest BCUT2D eigenvalue weighted by Crippen LogP contribution is -2.44. The molecule has 1 rings (SSSR count). The molecule has 2 N–H and O–H groups in total. The molecular formula is C16H24Cl2N4O. The van der Waals surface area contributed by atoms with Crippen LogP contribution in [0.4, 0.5) is 0 Å². The molecule has 0 aliphatic heterocycles. The summed E-state index contributed by atoms with van der Waals surface area (Å²) in [5.41, 5.74) is 0.876. The van der Waals surface area contributed by atoms with E-state index < -0.39 is 0 Å². The number of nitrogens with one attached hydrogen (secondary N) is 2. The molecule has 0 radical (unpaired) electrons. The van der Waals surface area contributed by atoms with Crippen molar-refractivity contribution in [1.82, 2.24) is 15.5 Å². The summed E-state index contributed by atoms with van der Waals surface area (Å²) >= 11 is 12.0. The molecule has 0 aliphatic rings. The van der Waals surface area contributed by atoms with Crippen LogP contribution in [0.1, 0.15) is 19.4 Å². The molecule has 0 aromatic heterocycles. The Labute approximate surface area is 148 Å². The quantitative estimate of drug-likeness (QED) is 0.607. The summed E-state index contributed by atoms with van der Waals surface area (Å²) < 4.78 is 0. The van der Waals surface area contributed by atoms with Crippen molar-refractivity contribution >= 4 is 35.1 Å². The molecule has 0 saturated carbocycles. The summed E-state index contributed by atoms with van der Waals surface area (Å²) in [6.07, 6.45) is 0. The normalized spacial score (nSPS) is 11.5. The number of aliphatic imine (C=N–C) groups is 1. The van der Waals surface area contributed by atoms with E-state index in [1.165, 1.54) is 4.90 Å². The molecule has 0 unspecified atom stereocenters. The number of amides is 1. The maximum absolute atomic E-state index is 11.7. The van der Waals surface area contributed by atoms with E-state index in [4.69, 9.17) is 23.2 Å². The number of guanidine groups is 1. The lowest BCUT2D eigenvalue weighted by molar-refractivity contribution is -0.127. The van der Waals surface area contributed by atoms with Crippen LogP contribution >= 0.6 is 23.2 Å². The number of carbonyl (C=O) groups excluding carboxylic acids is 1. The van der Waals surface area contributed by atoms with E-state index in [2.05, 4.69) is 29.5 Å². The second kappa shape index (κ2) is 9.63. The van der Waals surface area contributed by atoms with Gasteiger partial charge in [0.2, 0.25) is 5.91 Å². The van der Waals surface area contributed by atoms with Crippen molar-refractivity contribution in [2.45, 2.75) is 20.4 Å². The molecule has 0 aliphatic carbocycles. The van der Waals surface area contributed by atoms with Gasteiger partial charge >= 0.3 is 0 Å². The molecule has 0 fully saturated rings. The van der Waals surface area contributed by atoms with Gasteiger partial charge in [0.25, 0.3) is 0 Å². The fourth-order valence-corrected chi connectivity index (χ4v) is 2.07. The van der Waals surface area contributed by atoms with Crippen molar-refractivity contribution in [3.8, 4) is 0 Å². The van der Waals surface area contributed by atoms with Gasteiger partial charge in [0, 0.05) is 30.7 Å². The topological polar surface area (TPSA) is 56.7 Å². The van der Waals surface area contributed by atoms with Crippen molar-refractivity contribution < 1.29 is 4.79 Å². The minimum Gasteiger partial charge on any atom is -0.356 e. The minimum absolute atomic E-state index is 0.0198. The Hall–Kier alpha value is -1.46. The van der Waals surface area contributed by atoms with Crippen molar-refractivity contribution in [2.75, 3.05) is 27.2 Å². The highest BCUT2D eigenvalue weighted by Crippen LogP contribution is 2.21. The summed E-state index contributed by atoms with van der Waals surface area (Å²) in [6.45, 7) is 5.55. The third-order valence-electron chi connectivity index (χ3n) is 3.01. The molecule has 0 spiro atoms. The van der Waals surface area contributed by atoms with Gasteiger partial charge in [-0.3, -0.25) is 4.79 Å². The first-order chi connectivity index (χ1) is 10.8. The number of benzene rings is 1. The second-order valence-electron chi connectivity index (χ2n) is 5.82. The predicted molar refractivity (Wildman–Crippen MR) is 97.1 cm³/mol. The number of nitrogens with zero attached hydrogens (tertiary/aromatic N) is 2. The number of hydrogen-bond donors (Lipinski definition) is 2. The monoisotopic (exact) mass is 358 g/mol. The average Bonchev–Trinajstić information content (AvgIpc) is 2.47. The molecular weight excluding hydrogens is 335 g/mol. The largest absolute Gasteiger partial charge is 0.356 e. The van der Waals surface area contributed by atoms with Crippen LogP contribution in [0, 0.1) is 5.92 Å². The van der Waals surface area contributed by atoms with Gasteiger partial charge in [-0.15, -0.1) is 0 Å². The molecule has 0 bridgehead atoms.